The number of ether oxygens (including phenoxy) is 1. The van der Waals surface area contributed by atoms with E-state index in [0.29, 0.717) is 11.5 Å². The summed E-state index contributed by atoms with van der Waals surface area (Å²) in [5, 5.41) is 3.22. The van der Waals surface area contributed by atoms with E-state index in [4.69, 9.17) is 4.74 Å². The first kappa shape index (κ1) is 18.2. The zero-order chi connectivity index (χ0) is 18.4. The van der Waals surface area contributed by atoms with E-state index in [1.165, 1.54) is 19.2 Å². The van der Waals surface area contributed by atoms with Crippen molar-refractivity contribution >= 4 is 17.4 Å². The molecule has 0 saturated carbocycles. The van der Waals surface area contributed by atoms with Crippen LogP contribution in [0.5, 0.6) is 5.75 Å². The van der Waals surface area contributed by atoms with Crippen LogP contribution >= 0.6 is 0 Å². The zero-order valence-electron chi connectivity index (χ0n) is 15.4. The van der Waals surface area contributed by atoms with Gasteiger partial charge in [0.05, 0.1) is 6.10 Å². The quantitative estimate of drug-likeness (QED) is 0.878. The molecule has 6 nitrogen and oxygen atoms in total. The first-order chi connectivity index (χ1) is 12.6. The van der Waals surface area contributed by atoms with E-state index < -0.39 is 0 Å². The number of hydrogen-bond acceptors (Lipinski definition) is 5. The normalized spacial score (nSPS) is 14.8. The molecule has 3 rings (SSSR count). The number of anilines is 2. The van der Waals surface area contributed by atoms with Gasteiger partial charge in [-0.2, -0.15) is 0 Å². The minimum atomic E-state index is -0.0157. The van der Waals surface area contributed by atoms with E-state index in [9.17, 15) is 4.79 Å². The number of amides is 1. The van der Waals surface area contributed by atoms with Gasteiger partial charge >= 0.3 is 0 Å². The lowest BCUT2D eigenvalue weighted by atomic mass is 10.2. The Kier molecular flexibility index (Phi) is 6.04. The van der Waals surface area contributed by atoms with Crippen LogP contribution in [0.25, 0.3) is 0 Å². The lowest BCUT2D eigenvalue weighted by Crippen LogP contribution is -2.32. The molecule has 1 N–H and O–H groups in total. The average molecular weight is 354 g/mol. The van der Waals surface area contributed by atoms with Gasteiger partial charge < -0.3 is 15.0 Å². The molecule has 1 fully saturated rings. The molecule has 1 aliphatic rings. The first-order valence-electron chi connectivity index (χ1n) is 9.27. The summed E-state index contributed by atoms with van der Waals surface area (Å²) in [5.74, 6) is 1.42. The number of benzene rings is 1. The topological polar surface area (TPSA) is 67.3 Å². The van der Waals surface area contributed by atoms with Gasteiger partial charge in [-0.3, -0.25) is 4.79 Å². The van der Waals surface area contributed by atoms with E-state index in [1.54, 1.807) is 6.07 Å². The van der Waals surface area contributed by atoms with E-state index in [1.807, 2.05) is 43.0 Å². The van der Waals surface area contributed by atoms with Crippen LogP contribution in [0.1, 0.15) is 50.0 Å². The predicted octanol–water partition coefficient (Wildman–Crippen LogP) is 4.02. The third-order valence-corrected chi connectivity index (χ3v) is 4.28. The number of nitrogens with one attached hydrogen (secondary N) is 1. The number of hydrogen-bond donors (Lipinski definition) is 1. The Morgan fingerprint density at radius 1 is 1.08 bits per heavy atom. The second-order valence-corrected chi connectivity index (χ2v) is 6.81. The van der Waals surface area contributed by atoms with Gasteiger partial charge in [0, 0.05) is 24.8 Å². The van der Waals surface area contributed by atoms with Crippen LogP contribution in [0, 0.1) is 0 Å². The number of carbonyl (C=O) groups excluding carboxylic acids is 1. The second-order valence-electron chi connectivity index (χ2n) is 6.81. The largest absolute Gasteiger partial charge is 0.491 e. The van der Waals surface area contributed by atoms with Crippen molar-refractivity contribution in [3.05, 3.63) is 42.4 Å². The second kappa shape index (κ2) is 8.65. The molecule has 1 aliphatic heterocycles. The molecular weight excluding hydrogens is 328 g/mol. The molecule has 0 atom stereocenters. The van der Waals surface area contributed by atoms with Crippen LogP contribution in [-0.4, -0.2) is 40.0 Å². The highest BCUT2D eigenvalue weighted by molar-refractivity contribution is 5.93. The maximum atomic E-state index is 12.7. The molecule has 0 unspecified atom stereocenters. The summed E-state index contributed by atoms with van der Waals surface area (Å²) in [5.41, 5.74) is 1.32. The number of carbonyl (C=O) groups is 1. The Hall–Kier alpha value is -2.63. The monoisotopic (exact) mass is 354 g/mol. The highest BCUT2D eigenvalue weighted by atomic mass is 16.5. The highest BCUT2D eigenvalue weighted by Gasteiger charge is 2.19. The van der Waals surface area contributed by atoms with Gasteiger partial charge in [0.25, 0.3) is 5.91 Å². The summed E-state index contributed by atoms with van der Waals surface area (Å²) in [7, 11) is 0. The lowest BCUT2D eigenvalue weighted by molar-refractivity contribution is 0.0755. The fraction of sp³-hybridized carbons (Fsp3) is 0.450. The Labute approximate surface area is 154 Å². The van der Waals surface area contributed by atoms with Crippen molar-refractivity contribution in [1.82, 2.24) is 14.9 Å². The van der Waals surface area contributed by atoms with Crippen LogP contribution in [0.2, 0.25) is 0 Å². The standard InChI is InChI=1S/C20H26N4O2/c1-15(2)26-17-9-7-16(8-10-17)23-19-13-18(21-14-22-19)20(25)24-11-5-3-4-6-12-24/h7-10,13-15H,3-6,11-12H2,1-2H3,(H,21,22,23). The van der Waals surface area contributed by atoms with Crippen molar-refractivity contribution in [3.63, 3.8) is 0 Å². The van der Waals surface area contributed by atoms with Crippen LogP contribution in [0.4, 0.5) is 11.5 Å². The number of rotatable bonds is 5. The van der Waals surface area contributed by atoms with Crippen LogP contribution in [0.15, 0.2) is 36.7 Å². The maximum Gasteiger partial charge on any atom is 0.272 e. The molecule has 0 aliphatic carbocycles. The van der Waals surface area contributed by atoms with Crippen molar-refractivity contribution in [2.24, 2.45) is 0 Å². The lowest BCUT2D eigenvalue weighted by Gasteiger charge is -2.19. The van der Waals surface area contributed by atoms with Crippen molar-refractivity contribution in [3.8, 4) is 5.75 Å². The van der Waals surface area contributed by atoms with Crippen molar-refractivity contribution in [1.29, 1.82) is 0 Å². The van der Waals surface area contributed by atoms with E-state index in [0.717, 1.165) is 37.4 Å². The molecule has 0 spiro atoms. The van der Waals surface area contributed by atoms with Gasteiger partial charge in [-0.1, -0.05) is 12.8 Å². The molecule has 1 saturated heterocycles. The summed E-state index contributed by atoms with van der Waals surface area (Å²) >= 11 is 0. The first-order valence-corrected chi connectivity index (χ1v) is 9.27. The Morgan fingerprint density at radius 2 is 1.77 bits per heavy atom. The zero-order valence-corrected chi connectivity index (χ0v) is 15.4. The van der Waals surface area contributed by atoms with Gasteiger partial charge in [0.15, 0.2) is 0 Å². The SMILES string of the molecule is CC(C)Oc1ccc(Nc2cc(C(=O)N3CCCCCC3)ncn2)cc1. The Bertz CT molecular complexity index is 723. The number of aromatic nitrogens is 2. The summed E-state index contributed by atoms with van der Waals surface area (Å²) < 4.78 is 5.64. The fourth-order valence-electron chi connectivity index (χ4n) is 3.02. The molecule has 138 valence electrons. The molecule has 1 amide bonds. The molecule has 2 heterocycles. The Morgan fingerprint density at radius 3 is 2.42 bits per heavy atom. The van der Waals surface area contributed by atoms with E-state index >= 15 is 0 Å². The molecule has 1 aromatic carbocycles. The summed E-state index contributed by atoms with van der Waals surface area (Å²) in [6, 6.07) is 9.39. The summed E-state index contributed by atoms with van der Waals surface area (Å²) in [6.07, 6.45) is 6.08. The Balaban J connectivity index is 1.67. The van der Waals surface area contributed by atoms with Crippen molar-refractivity contribution in [2.75, 3.05) is 18.4 Å². The molecule has 0 radical (unpaired) electrons. The van der Waals surface area contributed by atoms with Crippen molar-refractivity contribution in [2.45, 2.75) is 45.6 Å². The van der Waals surface area contributed by atoms with Crippen LogP contribution in [-0.2, 0) is 0 Å². The number of nitrogens with zero attached hydrogens (tertiary/aromatic N) is 3. The highest BCUT2D eigenvalue weighted by Crippen LogP contribution is 2.20. The predicted molar refractivity (Wildman–Crippen MR) is 102 cm³/mol. The van der Waals surface area contributed by atoms with Gasteiger partial charge in [-0.15, -0.1) is 0 Å². The third-order valence-electron chi connectivity index (χ3n) is 4.28. The fourth-order valence-corrected chi connectivity index (χ4v) is 3.02. The average Bonchev–Trinajstić information content (AvgIpc) is 2.92. The summed E-state index contributed by atoms with van der Waals surface area (Å²) in [6.45, 7) is 5.61. The maximum absolute atomic E-state index is 12.7. The molecule has 6 heteroatoms. The van der Waals surface area contributed by atoms with E-state index in [2.05, 4.69) is 15.3 Å². The minimum absolute atomic E-state index is 0.0157. The van der Waals surface area contributed by atoms with Crippen LogP contribution in [0.3, 0.4) is 0 Å². The van der Waals surface area contributed by atoms with Crippen LogP contribution < -0.4 is 10.1 Å². The van der Waals surface area contributed by atoms with Gasteiger partial charge in [-0.05, 0) is 51.0 Å². The van der Waals surface area contributed by atoms with Gasteiger partial charge in [0.2, 0.25) is 0 Å². The molecular formula is C20H26N4O2. The molecule has 2 aromatic rings. The summed E-state index contributed by atoms with van der Waals surface area (Å²) in [4.78, 5) is 23.0. The molecule has 1 aromatic heterocycles. The minimum Gasteiger partial charge on any atom is -0.491 e. The molecule has 26 heavy (non-hydrogen) atoms. The van der Waals surface area contributed by atoms with E-state index in [-0.39, 0.29) is 12.0 Å². The van der Waals surface area contributed by atoms with Crippen molar-refractivity contribution < 1.29 is 9.53 Å². The molecule has 0 bridgehead atoms. The van der Waals surface area contributed by atoms with Gasteiger partial charge in [-0.25, -0.2) is 9.97 Å². The third kappa shape index (κ3) is 4.94. The smallest absolute Gasteiger partial charge is 0.272 e. The van der Waals surface area contributed by atoms with Gasteiger partial charge in [0.1, 0.15) is 23.6 Å². The number of likely N-dealkylation sites (tertiary alicyclic amines) is 1.